The van der Waals surface area contributed by atoms with Crippen molar-refractivity contribution in [1.82, 2.24) is 15.3 Å². The molecule has 5 N–H and O–H groups in total. The molecule has 2 heterocycles. The number of nitrogens with one attached hydrogen (secondary N) is 3. The van der Waals surface area contributed by atoms with Gasteiger partial charge in [-0.2, -0.15) is 0 Å². The zero-order valence-electron chi connectivity index (χ0n) is 13.4. The van der Waals surface area contributed by atoms with Crippen LogP contribution in [0, 0.1) is 10.1 Å². The number of benzene rings is 1. The van der Waals surface area contributed by atoms with Gasteiger partial charge in [-0.25, -0.2) is 0 Å². The highest BCUT2D eigenvalue weighted by molar-refractivity contribution is 7.52. The summed E-state index contributed by atoms with van der Waals surface area (Å²) < 4.78 is 16.8. The lowest BCUT2D eigenvalue weighted by molar-refractivity contribution is -0.384. The Morgan fingerprint density at radius 2 is 1.96 bits per heavy atom. The van der Waals surface area contributed by atoms with Gasteiger partial charge in [-0.3, -0.25) is 29.6 Å². The predicted molar refractivity (Wildman–Crippen MR) is 92.2 cm³/mol. The van der Waals surface area contributed by atoms with Crippen LogP contribution in [0.3, 0.4) is 0 Å². The second-order valence-electron chi connectivity index (χ2n) is 5.58. The Morgan fingerprint density at radius 1 is 1.26 bits per heavy atom. The van der Waals surface area contributed by atoms with E-state index in [1.807, 2.05) is 0 Å². The number of non-ortho nitro benzene ring substituents is 1. The van der Waals surface area contributed by atoms with E-state index in [1.165, 1.54) is 18.4 Å². The summed E-state index contributed by atoms with van der Waals surface area (Å²) in [5.41, 5.74) is -2.05. The molecule has 0 amide bonds. The summed E-state index contributed by atoms with van der Waals surface area (Å²) in [6.45, 7) is -0.267. The van der Waals surface area contributed by atoms with Gasteiger partial charge in [0, 0.05) is 18.7 Å². The van der Waals surface area contributed by atoms with E-state index in [2.05, 4.69) is 15.3 Å². The minimum Gasteiger partial charge on any atom is -0.467 e. The third-order valence-corrected chi connectivity index (χ3v) is 4.85. The van der Waals surface area contributed by atoms with Crippen LogP contribution in [0.2, 0.25) is 0 Å². The number of rotatable bonds is 6. The highest BCUT2D eigenvalue weighted by Gasteiger charge is 2.32. The van der Waals surface area contributed by atoms with Crippen molar-refractivity contribution in [2.45, 2.75) is 12.3 Å². The molecule has 12 nitrogen and oxygen atoms in total. The van der Waals surface area contributed by atoms with E-state index in [-0.39, 0.29) is 34.6 Å². The van der Waals surface area contributed by atoms with Gasteiger partial charge in [0.1, 0.15) is 5.76 Å². The van der Waals surface area contributed by atoms with Gasteiger partial charge in [0.25, 0.3) is 5.69 Å². The Hall–Kier alpha value is -3.05. The summed E-state index contributed by atoms with van der Waals surface area (Å²) in [6, 6.07) is 5.01. The second-order valence-corrected chi connectivity index (χ2v) is 7.28. The third kappa shape index (κ3) is 3.88. The highest BCUT2D eigenvalue weighted by atomic mass is 31.2. The number of H-pyrrole nitrogens is 2. The SMILES string of the molecule is O=c1[nH]c2cc([N+](=O)[O-])cc(CNC(c3ccco3)P(=O)(O)O)c2[nH]c1=O. The molecule has 1 aromatic carbocycles. The molecule has 1 unspecified atom stereocenters. The molecule has 0 radical (unpaired) electrons. The summed E-state index contributed by atoms with van der Waals surface area (Å²) in [5.74, 6) is -1.53. The number of nitro groups is 1. The summed E-state index contributed by atoms with van der Waals surface area (Å²) >= 11 is 0. The number of furan rings is 1. The van der Waals surface area contributed by atoms with Gasteiger partial charge in [0.2, 0.25) is 0 Å². The molecule has 0 spiro atoms. The molecule has 1 atom stereocenters. The van der Waals surface area contributed by atoms with Crippen LogP contribution < -0.4 is 16.4 Å². The number of aromatic nitrogens is 2. The van der Waals surface area contributed by atoms with Crippen molar-refractivity contribution in [2.75, 3.05) is 0 Å². The normalized spacial score (nSPS) is 13.0. The van der Waals surface area contributed by atoms with Crippen molar-refractivity contribution < 1.29 is 23.7 Å². The topological polar surface area (TPSA) is 192 Å². The molecule has 0 saturated carbocycles. The van der Waals surface area contributed by atoms with Crippen molar-refractivity contribution in [3.8, 4) is 0 Å². The fraction of sp³-hybridized carbons (Fsp3) is 0.143. The van der Waals surface area contributed by atoms with Crippen molar-refractivity contribution >= 4 is 24.3 Å². The monoisotopic (exact) mass is 396 g/mol. The fourth-order valence-electron chi connectivity index (χ4n) is 2.56. The van der Waals surface area contributed by atoms with Crippen LogP contribution >= 0.6 is 7.60 Å². The van der Waals surface area contributed by atoms with E-state index in [0.29, 0.717) is 0 Å². The minimum atomic E-state index is -4.68. The van der Waals surface area contributed by atoms with Crippen molar-refractivity contribution in [2.24, 2.45) is 0 Å². The van der Waals surface area contributed by atoms with Gasteiger partial charge < -0.3 is 24.2 Å². The number of fused-ring (bicyclic) bond motifs is 1. The maximum absolute atomic E-state index is 11.7. The van der Waals surface area contributed by atoms with Crippen molar-refractivity contribution in [1.29, 1.82) is 0 Å². The molecule has 0 aliphatic carbocycles. The van der Waals surface area contributed by atoms with Crippen LogP contribution in [0.5, 0.6) is 0 Å². The molecule has 0 aliphatic rings. The molecule has 2 aromatic heterocycles. The van der Waals surface area contributed by atoms with E-state index in [1.54, 1.807) is 0 Å². The van der Waals surface area contributed by atoms with Gasteiger partial charge in [-0.05, 0) is 17.7 Å². The Balaban J connectivity index is 2.06. The molecule has 13 heteroatoms. The number of aromatic amines is 2. The fourth-order valence-corrected chi connectivity index (χ4v) is 3.37. The Kier molecular flexibility index (Phi) is 4.81. The molecule has 0 aliphatic heterocycles. The van der Waals surface area contributed by atoms with Crippen molar-refractivity contribution in [3.05, 3.63) is 72.7 Å². The predicted octanol–water partition coefficient (Wildman–Crippen LogP) is 0.684. The van der Waals surface area contributed by atoms with Crippen molar-refractivity contribution in [3.63, 3.8) is 0 Å². The molecule has 27 heavy (non-hydrogen) atoms. The average Bonchev–Trinajstić information content (AvgIpc) is 3.09. The molecule has 0 saturated heterocycles. The average molecular weight is 396 g/mol. The lowest BCUT2D eigenvalue weighted by Crippen LogP contribution is -2.29. The van der Waals surface area contributed by atoms with Crippen LogP contribution in [0.25, 0.3) is 11.0 Å². The van der Waals surface area contributed by atoms with Crippen LogP contribution in [-0.4, -0.2) is 24.7 Å². The minimum absolute atomic E-state index is 0.0105. The van der Waals surface area contributed by atoms with E-state index in [9.17, 15) is 34.1 Å². The summed E-state index contributed by atoms with van der Waals surface area (Å²) in [5, 5.41) is 13.7. The summed E-state index contributed by atoms with van der Waals surface area (Å²) in [7, 11) is -4.68. The largest absolute Gasteiger partial charge is 0.467 e. The Bertz CT molecular complexity index is 1160. The lowest BCUT2D eigenvalue weighted by atomic mass is 10.1. The number of nitrogens with zero attached hydrogens (tertiary/aromatic N) is 1. The standard InChI is InChI=1S/C14H13N4O8P/c19-12-13(20)17-11-7(4-8(18(21)22)5-9(11)16-12)6-15-14(27(23,24)25)10-2-1-3-26-10/h1-5,14-15H,6H2,(H,16,19)(H,17,20)(H2,23,24,25). The van der Waals surface area contributed by atoms with Gasteiger partial charge in [0.05, 0.1) is 22.2 Å². The summed E-state index contributed by atoms with van der Waals surface area (Å²) in [4.78, 5) is 57.1. The van der Waals surface area contributed by atoms with Crippen LogP contribution in [-0.2, 0) is 11.1 Å². The van der Waals surface area contributed by atoms with E-state index in [0.717, 1.165) is 12.1 Å². The van der Waals surface area contributed by atoms with Crippen LogP contribution in [0.1, 0.15) is 17.1 Å². The maximum Gasteiger partial charge on any atom is 0.350 e. The molecule has 3 aromatic rings. The first-order chi connectivity index (χ1) is 12.7. The first-order valence-electron chi connectivity index (χ1n) is 7.42. The quantitative estimate of drug-likeness (QED) is 0.172. The number of hydrogen-bond donors (Lipinski definition) is 5. The highest BCUT2D eigenvalue weighted by Crippen LogP contribution is 2.50. The number of nitro benzene ring substituents is 1. The third-order valence-electron chi connectivity index (χ3n) is 3.74. The van der Waals surface area contributed by atoms with Gasteiger partial charge >= 0.3 is 18.7 Å². The van der Waals surface area contributed by atoms with E-state index >= 15 is 0 Å². The zero-order chi connectivity index (χ0) is 19.8. The van der Waals surface area contributed by atoms with Crippen LogP contribution in [0.4, 0.5) is 5.69 Å². The van der Waals surface area contributed by atoms with E-state index < -0.39 is 29.4 Å². The molecule has 142 valence electrons. The molecule has 0 bridgehead atoms. The maximum atomic E-state index is 11.7. The Labute approximate surface area is 149 Å². The molecular formula is C14H13N4O8P. The van der Waals surface area contributed by atoms with E-state index in [4.69, 9.17) is 4.42 Å². The summed E-state index contributed by atoms with van der Waals surface area (Å²) in [6.07, 6.45) is 1.24. The zero-order valence-corrected chi connectivity index (χ0v) is 14.3. The Morgan fingerprint density at radius 3 is 2.56 bits per heavy atom. The van der Waals surface area contributed by atoms with Gasteiger partial charge in [0.15, 0.2) is 5.78 Å². The first-order valence-corrected chi connectivity index (χ1v) is 9.10. The molecular weight excluding hydrogens is 383 g/mol. The first kappa shape index (κ1) is 18.7. The van der Waals surface area contributed by atoms with Crippen LogP contribution in [0.15, 0.2) is 44.5 Å². The smallest absolute Gasteiger partial charge is 0.350 e. The second kappa shape index (κ2) is 6.93. The number of hydrogen-bond acceptors (Lipinski definition) is 7. The van der Waals surface area contributed by atoms with Gasteiger partial charge in [-0.15, -0.1) is 0 Å². The molecule has 0 fully saturated rings. The molecule has 3 rings (SSSR count). The lowest BCUT2D eigenvalue weighted by Gasteiger charge is -2.18. The van der Waals surface area contributed by atoms with Gasteiger partial charge in [-0.1, -0.05) is 0 Å².